The van der Waals surface area contributed by atoms with Gasteiger partial charge < -0.3 is 10.8 Å². The van der Waals surface area contributed by atoms with Gasteiger partial charge in [-0.15, -0.1) is 0 Å². The third-order valence-corrected chi connectivity index (χ3v) is 1.80. The van der Waals surface area contributed by atoms with E-state index in [0.717, 1.165) is 0 Å². The van der Waals surface area contributed by atoms with Crippen LogP contribution in [0.2, 0.25) is 0 Å². The van der Waals surface area contributed by atoms with Crippen LogP contribution in [0.15, 0.2) is 0 Å². The van der Waals surface area contributed by atoms with Gasteiger partial charge in [-0.3, -0.25) is 4.79 Å². The molecule has 0 aromatic rings. The highest BCUT2D eigenvalue weighted by atomic mass is 19.3. The predicted molar refractivity (Wildman–Crippen MR) is 33.3 cm³/mol. The van der Waals surface area contributed by atoms with E-state index in [0.29, 0.717) is 12.8 Å². The second-order valence-electron chi connectivity index (χ2n) is 2.76. The van der Waals surface area contributed by atoms with Crippen LogP contribution in [-0.2, 0) is 4.79 Å². The predicted octanol–water partition coefficient (Wildman–Crippen LogP) is 0.444. The van der Waals surface area contributed by atoms with Gasteiger partial charge >= 0.3 is 5.97 Å². The second-order valence-corrected chi connectivity index (χ2v) is 2.76. The Kier molecular flexibility index (Phi) is 1.83. The van der Waals surface area contributed by atoms with Crippen molar-refractivity contribution in [2.75, 3.05) is 0 Å². The van der Waals surface area contributed by atoms with Gasteiger partial charge in [0.1, 0.15) is 0 Å². The molecule has 0 amide bonds. The number of alkyl halides is 2. The van der Waals surface area contributed by atoms with Crippen LogP contribution in [0.25, 0.3) is 0 Å². The van der Waals surface area contributed by atoms with Crippen molar-refractivity contribution in [3.05, 3.63) is 0 Å². The number of halogens is 2. The summed E-state index contributed by atoms with van der Waals surface area (Å²) in [6.45, 7) is 0. The van der Waals surface area contributed by atoms with Gasteiger partial charge in [0.2, 0.25) is 0 Å². The minimum absolute atomic E-state index is 0.383. The summed E-state index contributed by atoms with van der Waals surface area (Å²) in [5.74, 6) is -5.68. The van der Waals surface area contributed by atoms with Crippen LogP contribution < -0.4 is 5.73 Å². The lowest BCUT2D eigenvalue weighted by molar-refractivity contribution is -0.150. The zero-order valence-corrected chi connectivity index (χ0v) is 5.76. The van der Waals surface area contributed by atoms with E-state index >= 15 is 0 Å². The number of hydrogen-bond donors (Lipinski definition) is 2. The van der Waals surface area contributed by atoms with E-state index in [1.165, 1.54) is 0 Å². The Morgan fingerprint density at radius 2 is 2.09 bits per heavy atom. The molecule has 1 aliphatic rings. The van der Waals surface area contributed by atoms with E-state index in [4.69, 9.17) is 10.8 Å². The molecule has 1 atom stereocenters. The van der Waals surface area contributed by atoms with Crippen LogP contribution in [0.1, 0.15) is 12.8 Å². The van der Waals surface area contributed by atoms with Gasteiger partial charge in [-0.05, 0) is 12.8 Å². The molecule has 1 fully saturated rings. The van der Waals surface area contributed by atoms with Gasteiger partial charge in [-0.25, -0.2) is 8.78 Å². The molecule has 1 rings (SSSR count). The molecule has 0 aromatic carbocycles. The van der Waals surface area contributed by atoms with Crippen LogP contribution in [-0.4, -0.2) is 23.0 Å². The summed E-state index contributed by atoms with van der Waals surface area (Å²) < 4.78 is 25.5. The van der Waals surface area contributed by atoms with Crippen molar-refractivity contribution >= 4 is 5.97 Å². The number of aliphatic carboxylic acids is 1. The average molecular weight is 165 g/mol. The summed E-state index contributed by atoms with van der Waals surface area (Å²) in [6.07, 6.45) is 0.766. The maximum Gasteiger partial charge on any atom is 0.326 e. The van der Waals surface area contributed by atoms with Crippen molar-refractivity contribution in [3.8, 4) is 0 Å². The standard InChI is InChI=1S/C6H9F2NO2/c7-6(8,3-1-2-3)4(9)5(10)11/h3-4H,1-2,9H2,(H,10,11). The lowest BCUT2D eigenvalue weighted by Crippen LogP contribution is -2.48. The molecule has 1 unspecified atom stereocenters. The molecule has 1 aliphatic carbocycles. The summed E-state index contributed by atoms with van der Waals surface area (Å²) in [4.78, 5) is 10.1. The van der Waals surface area contributed by atoms with E-state index < -0.39 is 23.9 Å². The maximum atomic E-state index is 12.7. The zero-order valence-electron chi connectivity index (χ0n) is 5.76. The number of rotatable bonds is 3. The van der Waals surface area contributed by atoms with E-state index in [1.807, 2.05) is 0 Å². The molecule has 11 heavy (non-hydrogen) atoms. The number of hydrogen-bond acceptors (Lipinski definition) is 2. The fourth-order valence-corrected chi connectivity index (χ4v) is 0.887. The first-order chi connectivity index (χ1) is 4.96. The molecule has 3 N–H and O–H groups in total. The minimum Gasteiger partial charge on any atom is -0.480 e. The summed E-state index contributed by atoms with van der Waals surface area (Å²) in [7, 11) is 0. The fraction of sp³-hybridized carbons (Fsp3) is 0.833. The molecule has 0 radical (unpaired) electrons. The molecule has 0 bridgehead atoms. The molecule has 0 saturated heterocycles. The fourth-order valence-electron chi connectivity index (χ4n) is 0.887. The normalized spacial score (nSPS) is 21.4. The Hall–Kier alpha value is -0.710. The molecule has 64 valence electrons. The van der Waals surface area contributed by atoms with Crippen LogP contribution in [0.4, 0.5) is 8.78 Å². The summed E-state index contributed by atoms with van der Waals surface area (Å²) in [5, 5.41) is 8.19. The Morgan fingerprint density at radius 3 is 2.36 bits per heavy atom. The molecule has 0 spiro atoms. The number of carbonyl (C=O) groups is 1. The summed E-state index contributed by atoms with van der Waals surface area (Å²) in [6, 6.07) is -2.05. The van der Waals surface area contributed by atoms with Gasteiger partial charge in [0, 0.05) is 5.92 Å². The average Bonchev–Trinajstić information content (AvgIpc) is 2.66. The molecular formula is C6H9F2NO2. The number of nitrogens with two attached hydrogens (primary N) is 1. The Morgan fingerprint density at radius 1 is 1.64 bits per heavy atom. The van der Waals surface area contributed by atoms with Crippen molar-refractivity contribution in [1.82, 2.24) is 0 Å². The topological polar surface area (TPSA) is 63.3 Å². The van der Waals surface area contributed by atoms with Crippen LogP contribution in [0.5, 0.6) is 0 Å². The highest BCUT2D eigenvalue weighted by Crippen LogP contribution is 2.44. The molecule has 0 aliphatic heterocycles. The molecule has 0 heterocycles. The zero-order chi connectivity index (χ0) is 8.65. The van der Waals surface area contributed by atoms with Crippen LogP contribution >= 0.6 is 0 Å². The lowest BCUT2D eigenvalue weighted by Gasteiger charge is -2.19. The first-order valence-corrected chi connectivity index (χ1v) is 3.32. The molecule has 1 saturated carbocycles. The van der Waals surface area contributed by atoms with Crippen molar-refractivity contribution < 1.29 is 18.7 Å². The Balaban J connectivity index is 2.61. The highest BCUT2D eigenvalue weighted by Gasteiger charge is 2.53. The van der Waals surface area contributed by atoms with Crippen molar-refractivity contribution in [1.29, 1.82) is 0 Å². The summed E-state index contributed by atoms with van der Waals surface area (Å²) >= 11 is 0. The highest BCUT2D eigenvalue weighted by molar-refractivity contribution is 5.74. The van der Waals surface area contributed by atoms with Crippen molar-refractivity contribution in [2.45, 2.75) is 24.8 Å². The summed E-state index contributed by atoms with van der Waals surface area (Å²) in [5.41, 5.74) is 4.79. The van der Waals surface area contributed by atoms with Crippen LogP contribution in [0.3, 0.4) is 0 Å². The van der Waals surface area contributed by atoms with Crippen LogP contribution in [0, 0.1) is 5.92 Å². The lowest BCUT2D eigenvalue weighted by atomic mass is 10.1. The van der Waals surface area contributed by atoms with Gasteiger partial charge in [0.05, 0.1) is 0 Å². The number of carboxylic acids is 1. The van der Waals surface area contributed by atoms with Gasteiger partial charge in [0.15, 0.2) is 6.04 Å². The van der Waals surface area contributed by atoms with E-state index in [1.54, 1.807) is 0 Å². The molecule has 0 aromatic heterocycles. The van der Waals surface area contributed by atoms with Crippen molar-refractivity contribution in [3.63, 3.8) is 0 Å². The van der Waals surface area contributed by atoms with Gasteiger partial charge in [0.25, 0.3) is 5.92 Å². The quantitative estimate of drug-likeness (QED) is 0.637. The second kappa shape index (κ2) is 2.41. The number of carboxylic acid groups (broad SMARTS) is 1. The van der Waals surface area contributed by atoms with E-state index in [2.05, 4.69) is 0 Å². The van der Waals surface area contributed by atoms with E-state index in [-0.39, 0.29) is 0 Å². The van der Waals surface area contributed by atoms with Gasteiger partial charge in [-0.1, -0.05) is 0 Å². The van der Waals surface area contributed by atoms with Crippen molar-refractivity contribution in [2.24, 2.45) is 11.7 Å². The maximum absolute atomic E-state index is 12.7. The third kappa shape index (κ3) is 1.48. The minimum atomic E-state index is -3.23. The Bertz CT molecular complexity index is 179. The molecule has 3 nitrogen and oxygen atoms in total. The van der Waals surface area contributed by atoms with Gasteiger partial charge in [-0.2, -0.15) is 0 Å². The molecular weight excluding hydrogens is 156 g/mol. The SMILES string of the molecule is NC(C(=O)O)C(F)(F)C1CC1. The third-order valence-electron chi connectivity index (χ3n) is 1.80. The first kappa shape index (κ1) is 8.39. The smallest absolute Gasteiger partial charge is 0.326 e. The Labute approximate surface area is 62.2 Å². The first-order valence-electron chi connectivity index (χ1n) is 3.32. The molecule has 5 heteroatoms. The van der Waals surface area contributed by atoms with E-state index in [9.17, 15) is 13.6 Å². The largest absolute Gasteiger partial charge is 0.480 e. The monoisotopic (exact) mass is 165 g/mol.